The zero-order valence-corrected chi connectivity index (χ0v) is 9.85. The number of piperazine rings is 1. The molecule has 2 rings (SSSR count). The van der Waals surface area contributed by atoms with Crippen molar-refractivity contribution in [3.05, 3.63) is 0 Å². The van der Waals surface area contributed by atoms with Crippen LogP contribution in [0.1, 0.15) is 33.1 Å². The Bertz CT molecular complexity index is 226. The molecule has 15 heavy (non-hydrogen) atoms. The summed E-state index contributed by atoms with van der Waals surface area (Å²) in [5, 5.41) is 0. The first kappa shape index (κ1) is 10.9. The summed E-state index contributed by atoms with van der Waals surface area (Å²) in [5.41, 5.74) is 0. The number of rotatable bonds is 4. The Morgan fingerprint density at radius 1 is 1.33 bits per heavy atom. The van der Waals surface area contributed by atoms with Crippen molar-refractivity contribution in [1.29, 1.82) is 0 Å². The number of carbonyl (C=O) groups excluding carboxylic acids is 1. The Morgan fingerprint density at radius 3 is 2.60 bits per heavy atom. The van der Waals surface area contributed by atoms with Crippen LogP contribution in [0, 0.1) is 5.92 Å². The van der Waals surface area contributed by atoms with E-state index in [0.717, 1.165) is 38.5 Å². The second kappa shape index (κ2) is 4.52. The number of hydrogen-bond donors (Lipinski definition) is 0. The lowest BCUT2D eigenvalue weighted by Gasteiger charge is -2.40. The van der Waals surface area contributed by atoms with Crippen molar-refractivity contribution in [2.75, 3.05) is 19.6 Å². The highest BCUT2D eigenvalue weighted by Crippen LogP contribution is 2.29. The molecule has 3 heteroatoms. The maximum Gasteiger partial charge on any atom is 0.210 e. The third-order valence-corrected chi connectivity index (χ3v) is 3.50. The zero-order chi connectivity index (χ0) is 10.8. The standard InChI is InChI=1S/C12H22N2O/c1-10(2)7-12-8-13(11-3-4-11)5-6-14(12)9-15/h9-12H,3-8H2,1-2H3. The van der Waals surface area contributed by atoms with E-state index in [1.54, 1.807) is 0 Å². The summed E-state index contributed by atoms with van der Waals surface area (Å²) in [4.78, 5) is 15.5. The first-order chi connectivity index (χ1) is 7.20. The molecule has 2 aliphatic rings. The van der Waals surface area contributed by atoms with Crippen LogP contribution in [0.15, 0.2) is 0 Å². The fraction of sp³-hybridized carbons (Fsp3) is 0.917. The van der Waals surface area contributed by atoms with E-state index in [1.807, 2.05) is 4.90 Å². The molecule has 1 aliphatic carbocycles. The van der Waals surface area contributed by atoms with Crippen LogP contribution in [0.3, 0.4) is 0 Å². The van der Waals surface area contributed by atoms with E-state index < -0.39 is 0 Å². The number of nitrogens with zero attached hydrogens (tertiary/aromatic N) is 2. The molecule has 1 heterocycles. The van der Waals surface area contributed by atoms with Crippen LogP contribution < -0.4 is 0 Å². The summed E-state index contributed by atoms with van der Waals surface area (Å²) in [6.45, 7) is 7.58. The van der Waals surface area contributed by atoms with Crippen LogP contribution in [0.25, 0.3) is 0 Å². The quantitative estimate of drug-likeness (QED) is 0.654. The highest BCUT2D eigenvalue weighted by atomic mass is 16.1. The number of amides is 1. The molecule has 1 amide bonds. The van der Waals surface area contributed by atoms with E-state index in [1.165, 1.54) is 12.8 Å². The van der Waals surface area contributed by atoms with Crippen molar-refractivity contribution in [2.24, 2.45) is 5.92 Å². The van der Waals surface area contributed by atoms with Gasteiger partial charge in [0.15, 0.2) is 0 Å². The monoisotopic (exact) mass is 210 g/mol. The Labute approximate surface area is 92.4 Å². The van der Waals surface area contributed by atoms with Gasteiger partial charge in [-0.3, -0.25) is 9.69 Å². The smallest absolute Gasteiger partial charge is 0.210 e. The third kappa shape index (κ3) is 2.71. The summed E-state index contributed by atoms with van der Waals surface area (Å²) < 4.78 is 0. The molecule has 1 aliphatic heterocycles. The van der Waals surface area contributed by atoms with Crippen molar-refractivity contribution < 1.29 is 4.79 Å². The van der Waals surface area contributed by atoms with Gasteiger partial charge >= 0.3 is 0 Å². The molecule has 1 unspecified atom stereocenters. The predicted octanol–water partition coefficient (Wildman–Crippen LogP) is 1.34. The fourth-order valence-electron chi connectivity index (χ4n) is 2.56. The highest BCUT2D eigenvalue weighted by molar-refractivity contribution is 5.48. The Morgan fingerprint density at radius 2 is 2.07 bits per heavy atom. The maximum atomic E-state index is 11.0. The fourth-order valence-corrected chi connectivity index (χ4v) is 2.56. The first-order valence-electron chi connectivity index (χ1n) is 6.15. The van der Waals surface area contributed by atoms with Gasteiger partial charge in [0.25, 0.3) is 0 Å². The van der Waals surface area contributed by atoms with Crippen molar-refractivity contribution in [3.63, 3.8) is 0 Å². The lowest BCUT2D eigenvalue weighted by molar-refractivity contribution is -0.123. The largest absolute Gasteiger partial charge is 0.340 e. The topological polar surface area (TPSA) is 23.6 Å². The van der Waals surface area contributed by atoms with E-state index in [2.05, 4.69) is 18.7 Å². The lowest BCUT2D eigenvalue weighted by atomic mass is 10.0. The Kier molecular flexibility index (Phi) is 3.29. The normalized spacial score (nSPS) is 28.5. The number of hydrogen-bond acceptors (Lipinski definition) is 2. The average molecular weight is 210 g/mol. The van der Waals surface area contributed by atoms with E-state index in [0.29, 0.717) is 12.0 Å². The van der Waals surface area contributed by atoms with Crippen molar-refractivity contribution in [1.82, 2.24) is 9.80 Å². The molecule has 3 nitrogen and oxygen atoms in total. The molecule has 86 valence electrons. The van der Waals surface area contributed by atoms with Gasteiger partial charge in [-0.05, 0) is 25.2 Å². The van der Waals surface area contributed by atoms with Crippen LogP contribution in [-0.4, -0.2) is 47.9 Å². The molecule has 0 spiro atoms. The van der Waals surface area contributed by atoms with Crippen LogP contribution >= 0.6 is 0 Å². The molecule has 0 aromatic carbocycles. The van der Waals surface area contributed by atoms with E-state index in [9.17, 15) is 4.79 Å². The van der Waals surface area contributed by atoms with Crippen LogP contribution in [0.4, 0.5) is 0 Å². The van der Waals surface area contributed by atoms with Crippen LogP contribution in [0.5, 0.6) is 0 Å². The van der Waals surface area contributed by atoms with Gasteiger partial charge in [-0.2, -0.15) is 0 Å². The van der Waals surface area contributed by atoms with Crippen LogP contribution in [0.2, 0.25) is 0 Å². The van der Waals surface area contributed by atoms with Crippen molar-refractivity contribution >= 4 is 6.41 Å². The second-order valence-electron chi connectivity index (χ2n) is 5.35. The van der Waals surface area contributed by atoms with Gasteiger partial charge in [-0.1, -0.05) is 13.8 Å². The first-order valence-corrected chi connectivity index (χ1v) is 6.15. The molecule has 1 atom stereocenters. The summed E-state index contributed by atoms with van der Waals surface area (Å²) >= 11 is 0. The van der Waals surface area contributed by atoms with Gasteiger partial charge in [0, 0.05) is 31.7 Å². The molecule has 0 radical (unpaired) electrons. The maximum absolute atomic E-state index is 11.0. The third-order valence-electron chi connectivity index (χ3n) is 3.50. The molecule has 2 fully saturated rings. The van der Waals surface area contributed by atoms with Gasteiger partial charge in [0.2, 0.25) is 6.41 Å². The Balaban J connectivity index is 1.91. The summed E-state index contributed by atoms with van der Waals surface area (Å²) in [5.74, 6) is 0.677. The molecule has 1 saturated carbocycles. The molecule has 0 N–H and O–H groups in total. The molecule has 0 bridgehead atoms. The molecular weight excluding hydrogens is 188 g/mol. The van der Waals surface area contributed by atoms with Gasteiger partial charge in [0.05, 0.1) is 0 Å². The minimum atomic E-state index is 0.455. The molecule has 0 aromatic heterocycles. The van der Waals surface area contributed by atoms with Crippen molar-refractivity contribution in [3.8, 4) is 0 Å². The summed E-state index contributed by atoms with van der Waals surface area (Å²) in [6.07, 6.45) is 4.92. The SMILES string of the molecule is CC(C)CC1CN(C2CC2)CCN1C=O. The van der Waals surface area contributed by atoms with Gasteiger partial charge in [0.1, 0.15) is 0 Å². The van der Waals surface area contributed by atoms with Gasteiger partial charge in [-0.25, -0.2) is 0 Å². The van der Waals surface area contributed by atoms with E-state index >= 15 is 0 Å². The van der Waals surface area contributed by atoms with Gasteiger partial charge < -0.3 is 4.90 Å². The predicted molar refractivity (Wildman–Crippen MR) is 60.6 cm³/mol. The minimum Gasteiger partial charge on any atom is -0.340 e. The summed E-state index contributed by atoms with van der Waals surface area (Å²) in [6, 6.07) is 1.30. The molecule has 1 saturated heterocycles. The Hall–Kier alpha value is -0.570. The van der Waals surface area contributed by atoms with E-state index in [-0.39, 0.29) is 0 Å². The highest BCUT2D eigenvalue weighted by Gasteiger charge is 2.35. The average Bonchev–Trinajstić information content (AvgIpc) is 3.00. The van der Waals surface area contributed by atoms with E-state index in [4.69, 9.17) is 0 Å². The van der Waals surface area contributed by atoms with Crippen LogP contribution in [-0.2, 0) is 4.79 Å². The second-order valence-corrected chi connectivity index (χ2v) is 5.35. The number of carbonyl (C=O) groups is 1. The van der Waals surface area contributed by atoms with Crippen molar-refractivity contribution in [2.45, 2.75) is 45.2 Å². The zero-order valence-electron chi connectivity index (χ0n) is 9.85. The minimum absolute atomic E-state index is 0.455. The van der Waals surface area contributed by atoms with Gasteiger partial charge in [-0.15, -0.1) is 0 Å². The lowest BCUT2D eigenvalue weighted by Crippen LogP contribution is -2.53. The molecule has 0 aromatic rings. The summed E-state index contributed by atoms with van der Waals surface area (Å²) in [7, 11) is 0. The molecular formula is C12H22N2O.